The number of hydrogen-bond acceptors (Lipinski definition) is 6. The second-order valence-corrected chi connectivity index (χ2v) is 7.68. The summed E-state index contributed by atoms with van der Waals surface area (Å²) in [5.74, 6) is 0.852. The first kappa shape index (κ1) is 20.2. The van der Waals surface area contributed by atoms with Crippen molar-refractivity contribution in [2.75, 3.05) is 51.3 Å². The van der Waals surface area contributed by atoms with Crippen LogP contribution in [0.1, 0.15) is 11.3 Å². The van der Waals surface area contributed by atoms with Crippen molar-refractivity contribution >= 4 is 22.6 Å². The van der Waals surface area contributed by atoms with E-state index in [2.05, 4.69) is 32.4 Å². The van der Waals surface area contributed by atoms with Gasteiger partial charge in [0, 0.05) is 50.3 Å². The Hall–Kier alpha value is -3.06. The first-order valence-corrected chi connectivity index (χ1v) is 10.4. The molecule has 2 heterocycles. The van der Waals surface area contributed by atoms with Gasteiger partial charge in [0.15, 0.2) is 5.58 Å². The number of nitrogens with zero attached hydrogens (tertiary/aromatic N) is 3. The van der Waals surface area contributed by atoms with Crippen LogP contribution in [0.2, 0.25) is 0 Å². The summed E-state index contributed by atoms with van der Waals surface area (Å²) in [5.41, 5.74) is 3.76. The molecule has 7 nitrogen and oxygen atoms in total. The molecule has 0 radical (unpaired) electrons. The van der Waals surface area contributed by atoms with Gasteiger partial charge in [-0.25, -0.2) is 0 Å². The molecular weight excluding hydrogens is 380 g/mol. The maximum absolute atomic E-state index is 12.3. The SMILES string of the molecule is COc1ccc(N2CCN(CCNC(=O)Cc3noc4ccc(C)cc34)CC2)cc1. The molecule has 4 rings (SSSR count). The summed E-state index contributed by atoms with van der Waals surface area (Å²) in [7, 11) is 1.68. The van der Waals surface area contributed by atoms with Crippen molar-refractivity contribution in [3.8, 4) is 5.75 Å². The minimum Gasteiger partial charge on any atom is -0.497 e. The van der Waals surface area contributed by atoms with Gasteiger partial charge in [0.25, 0.3) is 0 Å². The van der Waals surface area contributed by atoms with E-state index in [0.717, 1.165) is 55.0 Å². The number of aryl methyl sites for hydroxylation is 1. The van der Waals surface area contributed by atoms with Crippen molar-refractivity contribution in [1.82, 2.24) is 15.4 Å². The molecular formula is C23H28N4O3. The molecule has 0 saturated carbocycles. The fourth-order valence-corrected chi connectivity index (χ4v) is 3.82. The van der Waals surface area contributed by atoms with Gasteiger partial charge in [0.05, 0.1) is 13.5 Å². The minimum absolute atomic E-state index is 0.0245. The van der Waals surface area contributed by atoms with Gasteiger partial charge in [-0.3, -0.25) is 9.69 Å². The fraction of sp³-hybridized carbons (Fsp3) is 0.391. The first-order valence-electron chi connectivity index (χ1n) is 10.4. The molecule has 1 fully saturated rings. The van der Waals surface area contributed by atoms with E-state index in [-0.39, 0.29) is 12.3 Å². The van der Waals surface area contributed by atoms with Crippen LogP contribution in [0.4, 0.5) is 5.69 Å². The lowest BCUT2D eigenvalue weighted by atomic mass is 10.1. The molecule has 0 unspecified atom stereocenters. The highest BCUT2D eigenvalue weighted by atomic mass is 16.5. The van der Waals surface area contributed by atoms with Crippen LogP contribution in [0.15, 0.2) is 47.0 Å². The normalized spacial score (nSPS) is 14.8. The lowest BCUT2D eigenvalue weighted by molar-refractivity contribution is -0.120. The zero-order valence-electron chi connectivity index (χ0n) is 17.6. The summed E-state index contributed by atoms with van der Waals surface area (Å²) < 4.78 is 10.5. The van der Waals surface area contributed by atoms with Crippen molar-refractivity contribution in [3.63, 3.8) is 0 Å². The van der Waals surface area contributed by atoms with Crippen molar-refractivity contribution in [2.45, 2.75) is 13.3 Å². The second kappa shape index (κ2) is 9.17. The van der Waals surface area contributed by atoms with E-state index in [0.29, 0.717) is 12.2 Å². The second-order valence-electron chi connectivity index (χ2n) is 7.68. The summed E-state index contributed by atoms with van der Waals surface area (Å²) in [5, 5.41) is 7.99. The highest BCUT2D eigenvalue weighted by Gasteiger charge is 2.18. The summed E-state index contributed by atoms with van der Waals surface area (Å²) in [6, 6.07) is 14.1. The molecule has 1 aliphatic heterocycles. The number of benzene rings is 2. The van der Waals surface area contributed by atoms with Gasteiger partial charge in [0.2, 0.25) is 5.91 Å². The Morgan fingerprint density at radius 1 is 1.13 bits per heavy atom. The Bertz CT molecular complexity index is 991. The number of nitrogens with one attached hydrogen (secondary N) is 1. The highest BCUT2D eigenvalue weighted by Crippen LogP contribution is 2.21. The van der Waals surface area contributed by atoms with Crippen LogP contribution in [-0.2, 0) is 11.2 Å². The zero-order valence-corrected chi connectivity index (χ0v) is 17.6. The number of ether oxygens (including phenoxy) is 1. The van der Waals surface area contributed by atoms with Crippen LogP contribution in [0.5, 0.6) is 5.75 Å². The maximum atomic E-state index is 12.3. The van der Waals surface area contributed by atoms with Crippen LogP contribution in [0, 0.1) is 6.92 Å². The van der Waals surface area contributed by atoms with Gasteiger partial charge in [-0.15, -0.1) is 0 Å². The van der Waals surface area contributed by atoms with Crippen molar-refractivity contribution < 1.29 is 14.1 Å². The monoisotopic (exact) mass is 408 g/mol. The van der Waals surface area contributed by atoms with E-state index in [4.69, 9.17) is 9.26 Å². The van der Waals surface area contributed by atoms with Crippen LogP contribution < -0.4 is 15.0 Å². The molecule has 0 spiro atoms. The number of anilines is 1. The molecule has 0 aliphatic carbocycles. The number of hydrogen-bond donors (Lipinski definition) is 1. The van der Waals surface area contributed by atoms with E-state index in [1.165, 1.54) is 5.69 Å². The van der Waals surface area contributed by atoms with E-state index in [9.17, 15) is 4.79 Å². The van der Waals surface area contributed by atoms with E-state index in [1.807, 2.05) is 37.3 Å². The maximum Gasteiger partial charge on any atom is 0.226 e. The number of fused-ring (bicyclic) bond motifs is 1. The summed E-state index contributed by atoms with van der Waals surface area (Å²) >= 11 is 0. The van der Waals surface area contributed by atoms with Gasteiger partial charge in [-0.1, -0.05) is 16.8 Å². The third-order valence-corrected chi connectivity index (χ3v) is 5.59. The Balaban J connectivity index is 1.20. The number of methoxy groups -OCH3 is 1. The largest absolute Gasteiger partial charge is 0.497 e. The number of carbonyl (C=O) groups is 1. The summed E-state index contributed by atoms with van der Waals surface area (Å²) in [4.78, 5) is 17.1. The molecule has 30 heavy (non-hydrogen) atoms. The fourth-order valence-electron chi connectivity index (χ4n) is 3.82. The number of rotatable bonds is 7. The molecule has 3 aromatic rings. The molecule has 1 aromatic heterocycles. The Morgan fingerprint density at radius 3 is 2.63 bits per heavy atom. The molecule has 1 aliphatic rings. The molecule has 2 aromatic carbocycles. The molecule has 0 atom stereocenters. The summed E-state index contributed by atoms with van der Waals surface area (Å²) in [6.07, 6.45) is 0.238. The van der Waals surface area contributed by atoms with Crippen molar-refractivity contribution in [3.05, 3.63) is 53.7 Å². The Morgan fingerprint density at radius 2 is 1.90 bits per heavy atom. The average Bonchev–Trinajstić information content (AvgIpc) is 3.16. The molecule has 1 saturated heterocycles. The summed E-state index contributed by atoms with van der Waals surface area (Å²) in [6.45, 7) is 7.42. The Labute approximate surface area is 176 Å². The number of amides is 1. The first-order chi connectivity index (χ1) is 14.6. The quantitative estimate of drug-likeness (QED) is 0.648. The lowest BCUT2D eigenvalue weighted by Gasteiger charge is -2.36. The number of piperazine rings is 1. The van der Waals surface area contributed by atoms with Crippen LogP contribution in [0.3, 0.4) is 0 Å². The predicted molar refractivity (Wildman–Crippen MR) is 117 cm³/mol. The highest BCUT2D eigenvalue weighted by molar-refractivity contribution is 5.86. The molecule has 1 N–H and O–H groups in total. The van der Waals surface area contributed by atoms with E-state index >= 15 is 0 Å². The van der Waals surface area contributed by atoms with Crippen LogP contribution in [-0.4, -0.2) is 62.3 Å². The van der Waals surface area contributed by atoms with Gasteiger partial charge in [0.1, 0.15) is 11.4 Å². The Kier molecular flexibility index (Phi) is 6.18. The van der Waals surface area contributed by atoms with Crippen LogP contribution in [0.25, 0.3) is 11.0 Å². The molecule has 1 amide bonds. The van der Waals surface area contributed by atoms with Crippen LogP contribution >= 0.6 is 0 Å². The smallest absolute Gasteiger partial charge is 0.226 e. The van der Waals surface area contributed by atoms with Crippen molar-refractivity contribution in [2.24, 2.45) is 0 Å². The predicted octanol–water partition coefficient (Wildman–Crippen LogP) is 2.63. The minimum atomic E-state index is -0.0245. The zero-order chi connectivity index (χ0) is 20.9. The average molecular weight is 409 g/mol. The molecule has 7 heteroatoms. The van der Waals surface area contributed by atoms with E-state index < -0.39 is 0 Å². The van der Waals surface area contributed by atoms with Gasteiger partial charge >= 0.3 is 0 Å². The lowest BCUT2D eigenvalue weighted by Crippen LogP contribution is -2.48. The standard InChI is InChI=1S/C23H28N4O3/c1-17-3-8-22-20(15-17)21(25-30-22)16-23(28)24-9-10-26-11-13-27(14-12-26)18-4-6-19(29-2)7-5-18/h3-8,15H,9-14,16H2,1-2H3,(H,24,28). The van der Waals surface area contributed by atoms with E-state index in [1.54, 1.807) is 7.11 Å². The number of carbonyl (C=O) groups excluding carboxylic acids is 1. The number of aromatic nitrogens is 1. The van der Waals surface area contributed by atoms with Gasteiger partial charge in [-0.2, -0.15) is 0 Å². The third-order valence-electron chi connectivity index (χ3n) is 5.59. The third kappa shape index (κ3) is 4.74. The van der Waals surface area contributed by atoms with Gasteiger partial charge in [-0.05, 0) is 43.3 Å². The molecule has 0 bridgehead atoms. The topological polar surface area (TPSA) is 70.8 Å². The molecule has 158 valence electrons. The van der Waals surface area contributed by atoms with Crippen molar-refractivity contribution in [1.29, 1.82) is 0 Å². The van der Waals surface area contributed by atoms with Gasteiger partial charge < -0.3 is 19.5 Å².